The molecule has 2 rings (SSSR count). The SMILES string of the molecule is CC(C)c1noc(NCc2ccc(F)cc2C(F)(F)F)n1. The third-order valence-corrected chi connectivity index (χ3v) is 2.77. The maximum atomic E-state index is 13.0. The first kappa shape index (κ1) is 15.3. The second kappa shape index (κ2) is 5.71. The van der Waals surface area contributed by atoms with Crippen LogP contribution in [0.3, 0.4) is 0 Å². The summed E-state index contributed by atoms with van der Waals surface area (Å²) in [5, 5.41) is 6.29. The van der Waals surface area contributed by atoms with Gasteiger partial charge in [0, 0.05) is 12.5 Å². The molecule has 8 heteroatoms. The van der Waals surface area contributed by atoms with Gasteiger partial charge in [-0.2, -0.15) is 18.2 Å². The van der Waals surface area contributed by atoms with Crippen LogP contribution in [0.4, 0.5) is 23.6 Å². The zero-order valence-electron chi connectivity index (χ0n) is 11.3. The summed E-state index contributed by atoms with van der Waals surface area (Å²) in [6, 6.07) is 2.53. The van der Waals surface area contributed by atoms with Gasteiger partial charge >= 0.3 is 12.2 Å². The van der Waals surface area contributed by atoms with Crippen molar-refractivity contribution in [3.8, 4) is 0 Å². The Morgan fingerprint density at radius 2 is 2.00 bits per heavy atom. The van der Waals surface area contributed by atoms with Crippen LogP contribution < -0.4 is 5.32 Å². The van der Waals surface area contributed by atoms with E-state index in [-0.39, 0.29) is 24.0 Å². The first-order valence-corrected chi connectivity index (χ1v) is 6.20. The molecular weight excluding hydrogens is 290 g/mol. The molecule has 0 aliphatic heterocycles. The summed E-state index contributed by atoms with van der Waals surface area (Å²) in [6.07, 6.45) is -4.63. The Kier molecular flexibility index (Phi) is 4.15. The predicted octanol–water partition coefficient (Wildman–Crippen LogP) is 3.96. The average Bonchev–Trinajstić information content (AvgIpc) is 2.85. The third kappa shape index (κ3) is 3.71. The summed E-state index contributed by atoms with van der Waals surface area (Å²) >= 11 is 0. The molecule has 0 saturated carbocycles. The molecule has 114 valence electrons. The van der Waals surface area contributed by atoms with Gasteiger partial charge in [0.2, 0.25) is 0 Å². The quantitative estimate of drug-likeness (QED) is 0.869. The van der Waals surface area contributed by atoms with E-state index < -0.39 is 17.6 Å². The smallest absolute Gasteiger partial charge is 0.334 e. The molecule has 0 saturated heterocycles. The first-order chi connectivity index (χ1) is 9.77. The lowest BCUT2D eigenvalue weighted by Gasteiger charge is -2.12. The van der Waals surface area contributed by atoms with Crippen molar-refractivity contribution in [1.82, 2.24) is 10.1 Å². The van der Waals surface area contributed by atoms with Crippen molar-refractivity contribution in [3.63, 3.8) is 0 Å². The van der Waals surface area contributed by atoms with Gasteiger partial charge in [-0.05, 0) is 17.7 Å². The molecule has 0 bridgehead atoms. The van der Waals surface area contributed by atoms with Crippen LogP contribution in [-0.4, -0.2) is 10.1 Å². The van der Waals surface area contributed by atoms with Crippen molar-refractivity contribution >= 4 is 6.01 Å². The predicted molar refractivity (Wildman–Crippen MR) is 67.1 cm³/mol. The van der Waals surface area contributed by atoms with Gasteiger partial charge in [-0.15, -0.1) is 0 Å². The number of nitrogens with zero attached hydrogens (tertiary/aromatic N) is 2. The largest absolute Gasteiger partial charge is 0.416 e. The molecule has 0 amide bonds. The number of hydrogen-bond acceptors (Lipinski definition) is 4. The normalized spacial score (nSPS) is 12.0. The molecular formula is C13H13F4N3O. The van der Waals surface area contributed by atoms with E-state index in [0.29, 0.717) is 11.9 Å². The molecule has 0 radical (unpaired) electrons. The van der Waals surface area contributed by atoms with Gasteiger partial charge in [0.1, 0.15) is 5.82 Å². The summed E-state index contributed by atoms with van der Waals surface area (Å²) in [5.74, 6) is -0.445. The van der Waals surface area contributed by atoms with Crippen LogP contribution in [-0.2, 0) is 12.7 Å². The van der Waals surface area contributed by atoms with E-state index in [1.54, 1.807) is 0 Å². The van der Waals surface area contributed by atoms with E-state index in [0.717, 1.165) is 12.1 Å². The number of alkyl halides is 3. The fourth-order valence-electron chi connectivity index (χ4n) is 1.68. The number of benzene rings is 1. The highest BCUT2D eigenvalue weighted by atomic mass is 19.4. The molecule has 1 aromatic heterocycles. The number of halogens is 4. The monoisotopic (exact) mass is 303 g/mol. The highest BCUT2D eigenvalue weighted by molar-refractivity contribution is 5.33. The lowest BCUT2D eigenvalue weighted by molar-refractivity contribution is -0.138. The van der Waals surface area contributed by atoms with E-state index in [4.69, 9.17) is 4.52 Å². The molecule has 1 heterocycles. The minimum absolute atomic E-state index is 0.0242. The Balaban J connectivity index is 2.16. The second-order valence-corrected chi connectivity index (χ2v) is 4.77. The van der Waals surface area contributed by atoms with Crippen LogP contribution in [0, 0.1) is 5.82 Å². The third-order valence-electron chi connectivity index (χ3n) is 2.77. The van der Waals surface area contributed by atoms with Crippen LogP contribution in [0.1, 0.15) is 36.7 Å². The topological polar surface area (TPSA) is 51.0 Å². The fraction of sp³-hybridized carbons (Fsp3) is 0.385. The Hall–Kier alpha value is -2.12. The number of anilines is 1. The van der Waals surface area contributed by atoms with Gasteiger partial charge in [-0.25, -0.2) is 4.39 Å². The van der Waals surface area contributed by atoms with Crippen molar-refractivity contribution in [2.75, 3.05) is 5.32 Å². The first-order valence-electron chi connectivity index (χ1n) is 6.20. The minimum Gasteiger partial charge on any atom is -0.334 e. The Morgan fingerprint density at radius 3 is 2.57 bits per heavy atom. The number of nitrogens with one attached hydrogen (secondary N) is 1. The van der Waals surface area contributed by atoms with Crippen LogP contribution in [0.25, 0.3) is 0 Å². The molecule has 1 N–H and O–H groups in total. The van der Waals surface area contributed by atoms with Crippen molar-refractivity contribution in [2.24, 2.45) is 0 Å². The van der Waals surface area contributed by atoms with Gasteiger partial charge < -0.3 is 9.84 Å². The molecule has 0 aliphatic rings. The van der Waals surface area contributed by atoms with Gasteiger partial charge in [0.05, 0.1) is 5.56 Å². The van der Waals surface area contributed by atoms with Crippen LogP contribution in [0.5, 0.6) is 0 Å². The molecule has 0 fully saturated rings. The standard InChI is InChI=1S/C13H13F4N3O/c1-7(2)11-19-12(21-20-11)18-6-8-3-4-9(14)5-10(8)13(15,16)17/h3-5,7H,6H2,1-2H3,(H,18,19,20). The Bertz CT molecular complexity index is 622. The van der Waals surface area contributed by atoms with E-state index in [2.05, 4.69) is 15.5 Å². The Morgan fingerprint density at radius 1 is 1.29 bits per heavy atom. The zero-order valence-corrected chi connectivity index (χ0v) is 11.3. The fourth-order valence-corrected chi connectivity index (χ4v) is 1.68. The maximum Gasteiger partial charge on any atom is 0.416 e. The summed E-state index contributed by atoms with van der Waals surface area (Å²) in [4.78, 5) is 3.99. The molecule has 0 atom stereocenters. The molecule has 21 heavy (non-hydrogen) atoms. The molecule has 4 nitrogen and oxygen atoms in total. The lowest BCUT2D eigenvalue weighted by atomic mass is 10.1. The maximum absolute atomic E-state index is 13.0. The minimum atomic E-state index is -4.63. The summed E-state index contributed by atoms with van der Waals surface area (Å²) in [7, 11) is 0. The van der Waals surface area contributed by atoms with E-state index in [9.17, 15) is 17.6 Å². The van der Waals surface area contributed by atoms with Gasteiger partial charge in [-0.1, -0.05) is 25.1 Å². The molecule has 2 aromatic rings. The lowest BCUT2D eigenvalue weighted by Crippen LogP contribution is -2.12. The molecule has 1 aromatic carbocycles. The Labute approximate surface area is 118 Å². The van der Waals surface area contributed by atoms with Gasteiger partial charge in [0.15, 0.2) is 5.82 Å². The van der Waals surface area contributed by atoms with Gasteiger partial charge in [0.25, 0.3) is 0 Å². The average molecular weight is 303 g/mol. The second-order valence-electron chi connectivity index (χ2n) is 4.77. The van der Waals surface area contributed by atoms with Crippen LogP contribution in [0.2, 0.25) is 0 Å². The highest BCUT2D eigenvalue weighted by Gasteiger charge is 2.33. The molecule has 0 unspecified atom stereocenters. The highest BCUT2D eigenvalue weighted by Crippen LogP contribution is 2.32. The van der Waals surface area contributed by atoms with Crippen molar-refractivity contribution in [2.45, 2.75) is 32.5 Å². The van der Waals surface area contributed by atoms with Crippen molar-refractivity contribution < 1.29 is 22.1 Å². The van der Waals surface area contributed by atoms with Crippen molar-refractivity contribution in [3.05, 3.63) is 41.0 Å². The molecule has 0 aliphatic carbocycles. The van der Waals surface area contributed by atoms with Crippen LogP contribution >= 0.6 is 0 Å². The van der Waals surface area contributed by atoms with E-state index in [1.165, 1.54) is 0 Å². The van der Waals surface area contributed by atoms with Crippen molar-refractivity contribution in [1.29, 1.82) is 0 Å². The van der Waals surface area contributed by atoms with Crippen LogP contribution in [0.15, 0.2) is 22.7 Å². The zero-order chi connectivity index (χ0) is 15.6. The summed E-state index contributed by atoms with van der Waals surface area (Å²) in [5.41, 5.74) is -1.13. The number of rotatable bonds is 4. The summed E-state index contributed by atoms with van der Waals surface area (Å²) < 4.78 is 56.3. The number of hydrogen-bond donors (Lipinski definition) is 1. The number of aromatic nitrogens is 2. The van der Waals surface area contributed by atoms with E-state index in [1.807, 2.05) is 13.8 Å². The van der Waals surface area contributed by atoms with E-state index >= 15 is 0 Å². The molecule has 0 spiro atoms. The summed E-state index contributed by atoms with van der Waals surface area (Å²) in [6.45, 7) is 3.52. The van der Waals surface area contributed by atoms with Gasteiger partial charge in [-0.3, -0.25) is 0 Å².